The van der Waals surface area contributed by atoms with Gasteiger partial charge in [-0.3, -0.25) is 0 Å². The van der Waals surface area contributed by atoms with Crippen LogP contribution in [0.4, 0.5) is 0 Å². The number of hydrogen-bond donors (Lipinski definition) is 1. The van der Waals surface area contributed by atoms with Crippen molar-refractivity contribution in [2.75, 3.05) is 6.61 Å². The van der Waals surface area contributed by atoms with E-state index in [1.807, 2.05) is 0 Å². The molecule has 0 aromatic rings. The molecule has 0 aromatic heterocycles. The van der Waals surface area contributed by atoms with Crippen molar-refractivity contribution in [2.24, 2.45) is 17.3 Å². The van der Waals surface area contributed by atoms with E-state index in [9.17, 15) is 5.11 Å². The van der Waals surface area contributed by atoms with Gasteiger partial charge in [0, 0.05) is 6.61 Å². The fourth-order valence-corrected chi connectivity index (χ4v) is 3.94. The van der Waals surface area contributed by atoms with Crippen LogP contribution >= 0.6 is 0 Å². The maximum atomic E-state index is 9.65. The van der Waals surface area contributed by atoms with Crippen molar-refractivity contribution in [3.8, 4) is 0 Å². The van der Waals surface area contributed by atoms with Crippen LogP contribution in [0.25, 0.3) is 0 Å². The molecule has 76 valence electrons. The molecule has 3 atom stereocenters. The molecule has 0 radical (unpaired) electrons. The lowest BCUT2D eigenvalue weighted by atomic mass is 9.64. The molecule has 2 aliphatic rings. The van der Waals surface area contributed by atoms with Crippen molar-refractivity contribution < 1.29 is 5.11 Å². The summed E-state index contributed by atoms with van der Waals surface area (Å²) in [6.45, 7) is 2.75. The molecule has 2 rings (SSSR count). The highest BCUT2D eigenvalue weighted by atomic mass is 16.3. The first-order chi connectivity index (χ1) is 6.33. The molecule has 2 fully saturated rings. The van der Waals surface area contributed by atoms with E-state index < -0.39 is 0 Å². The first-order valence-corrected chi connectivity index (χ1v) is 5.94. The maximum Gasteiger partial charge on any atom is 0.0492 e. The number of rotatable bonds is 2. The summed E-state index contributed by atoms with van der Waals surface area (Å²) >= 11 is 0. The summed E-state index contributed by atoms with van der Waals surface area (Å²) in [6.07, 6.45) is 9.48. The van der Waals surface area contributed by atoms with Crippen molar-refractivity contribution >= 4 is 0 Å². The van der Waals surface area contributed by atoms with E-state index in [1.54, 1.807) is 0 Å². The number of hydrogen-bond acceptors (Lipinski definition) is 1. The molecule has 1 N–H and O–H groups in total. The zero-order valence-corrected chi connectivity index (χ0v) is 8.76. The van der Waals surface area contributed by atoms with Gasteiger partial charge in [-0.25, -0.2) is 0 Å². The van der Waals surface area contributed by atoms with Gasteiger partial charge in [-0.1, -0.05) is 26.2 Å². The van der Waals surface area contributed by atoms with Crippen LogP contribution in [0.1, 0.15) is 51.9 Å². The molecule has 0 bridgehead atoms. The minimum absolute atomic E-state index is 0.354. The van der Waals surface area contributed by atoms with E-state index in [4.69, 9.17) is 0 Å². The third-order valence-electron chi connectivity index (χ3n) is 4.72. The Morgan fingerprint density at radius 1 is 1.23 bits per heavy atom. The molecule has 13 heavy (non-hydrogen) atoms. The van der Waals surface area contributed by atoms with Gasteiger partial charge in [-0.05, 0) is 42.9 Å². The molecule has 0 amide bonds. The lowest BCUT2D eigenvalue weighted by Crippen LogP contribution is -2.38. The van der Waals surface area contributed by atoms with Gasteiger partial charge in [0.05, 0.1) is 0 Å². The van der Waals surface area contributed by atoms with Crippen molar-refractivity contribution in [3.05, 3.63) is 0 Å². The van der Waals surface area contributed by atoms with E-state index >= 15 is 0 Å². The van der Waals surface area contributed by atoms with Crippen LogP contribution in [0.15, 0.2) is 0 Å². The average Bonchev–Trinajstić information content (AvgIpc) is 2.56. The Labute approximate surface area is 81.5 Å². The zero-order chi connectivity index (χ0) is 9.31. The highest BCUT2D eigenvalue weighted by Crippen LogP contribution is 2.56. The largest absolute Gasteiger partial charge is 0.396 e. The Balaban J connectivity index is 2.18. The maximum absolute atomic E-state index is 9.65. The smallest absolute Gasteiger partial charge is 0.0492 e. The molecule has 0 saturated heterocycles. The SMILES string of the molecule is CCC1CCC2CCCCC12CO. The van der Waals surface area contributed by atoms with Gasteiger partial charge in [0.25, 0.3) is 0 Å². The lowest BCUT2D eigenvalue weighted by molar-refractivity contribution is 0.00778. The molecular formula is C12H22O. The van der Waals surface area contributed by atoms with Gasteiger partial charge in [0.1, 0.15) is 0 Å². The number of fused-ring (bicyclic) bond motifs is 1. The third-order valence-corrected chi connectivity index (χ3v) is 4.72. The predicted molar refractivity (Wildman–Crippen MR) is 54.5 cm³/mol. The van der Waals surface area contributed by atoms with Crippen LogP contribution in [0.3, 0.4) is 0 Å². The minimum atomic E-state index is 0.354. The topological polar surface area (TPSA) is 20.2 Å². The molecule has 2 saturated carbocycles. The Morgan fingerprint density at radius 3 is 2.77 bits per heavy atom. The summed E-state index contributed by atoms with van der Waals surface area (Å²) in [7, 11) is 0. The Bertz CT molecular complexity index is 170. The summed E-state index contributed by atoms with van der Waals surface area (Å²) in [5.74, 6) is 1.68. The highest BCUT2D eigenvalue weighted by Gasteiger charge is 2.49. The third kappa shape index (κ3) is 1.32. The predicted octanol–water partition coefficient (Wildman–Crippen LogP) is 2.98. The van der Waals surface area contributed by atoms with Crippen LogP contribution in [0.5, 0.6) is 0 Å². The van der Waals surface area contributed by atoms with Gasteiger partial charge in [0.2, 0.25) is 0 Å². The quantitative estimate of drug-likeness (QED) is 0.696. The standard InChI is InChI=1S/C12H22O/c1-2-10-6-7-11-5-3-4-8-12(10,11)9-13/h10-11,13H,2-9H2,1H3. The molecule has 0 heterocycles. The summed E-state index contributed by atoms with van der Waals surface area (Å²) in [6, 6.07) is 0. The van der Waals surface area contributed by atoms with E-state index in [2.05, 4.69) is 6.92 Å². The van der Waals surface area contributed by atoms with E-state index in [1.165, 1.54) is 44.9 Å². The van der Waals surface area contributed by atoms with Crippen molar-refractivity contribution in [3.63, 3.8) is 0 Å². The molecule has 1 heteroatoms. The summed E-state index contributed by atoms with van der Waals surface area (Å²) in [4.78, 5) is 0. The van der Waals surface area contributed by atoms with E-state index in [0.717, 1.165) is 11.8 Å². The van der Waals surface area contributed by atoms with Crippen molar-refractivity contribution in [2.45, 2.75) is 51.9 Å². The van der Waals surface area contributed by atoms with Crippen molar-refractivity contribution in [1.82, 2.24) is 0 Å². The molecule has 1 nitrogen and oxygen atoms in total. The van der Waals surface area contributed by atoms with Gasteiger partial charge >= 0.3 is 0 Å². The normalized spacial score (nSPS) is 44.8. The Kier molecular flexibility index (Phi) is 2.64. The molecule has 2 aliphatic carbocycles. The second-order valence-corrected chi connectivity index (χ2v) is 5.02. The zero-order valence-electron chi connectivity index (χ0n) is 8.76. The molecule has 3 unspecified atom stereocenters. The van der Waals surface area contributed by atoms with Gasteiger partial charge in [0.15, 0.2) is 0 Å². The molecular weight excluding hydrogens is 160 g/mol. The van der Waals surface area contributed by atoms with Gasteiger partial charge in [-0.2, -0.15) is 0 Å². The summed E-state index contributed by atoms with van der Waals surface area (Å²) in [5.41, 5.74) is 0.354. The highest BCUT2D eigenvalue weighted by molar-refractivity contribution is 4.98. The number of aliphatic hydroxyl groups excluding tert-OH is 1. The monoisotopic (exact) mass is 182 g/mol. The average molecular weight is 182 g/mol. The Hall–Kier alpha value is -0.0400. The molecule has 0 aliphatic heterocycles. The molecule has 0 aromatic carbocycles. The summed E-state index contributed by atoms with van der Waals surface area (Å²) in [5, 5.41) is 9.65. The second-order valence-electron chi connectivity index (χ2n) is 5.02. The van der Waals surface area contributed by atoms with Crippen LogP contribution in [0, 0.1) is 17.3 Å². The summed E-state index contributed by atoms with van der Waals surface area (Å²) < 4.78 is 0. The minimum Gasteiger partial charge on any atom is -0.396 e. The fraction of sp³-hybridized carbons (Fsp3) is 1.00. The van der Waals surface area contributed by atoms with Crippen molar-refractivity contribution in [1.29, 1.82) is 0 Å². The lowest BCUT2D eigenvalue weighted by Gasteiger charge is -2.42. The van der Waals surface area contributed by atoms with E-state index in [-0.39, 0.29) is 0 Å². The fourth-order valence-electron chi connectivity index (χ4n) is 3.94. The van der Waals surface area contributed by atoms with Crippen LogP contribution in [-0.4, -0.2) is 11.7 Å². The second kappa shape index (κ2) is 3.61. The molecule has 0 spiro atoms. The first-order valence-electron chi connectivity index (χ1n) is 5.94. The van der Waals surface area contributed by atoms with Gasteiger partial charge < -0.3 is 5.11 Å². The van der Waals surface area contributed by atoms with Crippen LogP contribution in [0.2, 0.25) is 0 Å². The number of aliphatic hydroxyl groups is 1. The van der Waals surface area contributed by atoms with Crippen LogP contribution < -0.4 is 0 Å². The first kappa shape index (κ1) is 9.51. The van der Waals surface area contributed by atoms with Gasteiger partial charge in [-0.15, -0.1) is 0 Å². The van der Waals surface area contributed by atoms with E-state index in [0.29, 0.717) is 12.0 Å². The van der Waals surface area contributed by atoms with Crippen LogP contribution in [-0.2, 0) is 0 Å². The Morgan fingerprint density at radius 2 is 2.08 bits per heavy atom.